The number of hydrogen-bond donors (Lipinski definition) is 2. The van der Waals surface area contributed by atoms with Gasteiger partial charge in [-0.3, -0.25) is 0 Å². The summed E-state index contributed by atoms with van der Waals surface area (Å²) >= 11 is 0. The van der Waals surface area contributed by atoms with Gasteiger partial charge in [0.15, 0.2) is 12.4 Å². The number of rotatable bonds is 18. The highest BCUT2D eigenvalue weighted by atomic mass is 16.7. The van der Waals surface area contributed by atoms with E-state index in [0.29, 0.717) is 36.3 Å². The van der Waals surface area contributed by atoms with Crippen molar-refractivity contribution in [1.82, 2.24) is 10.2 Å². The van der Waals surface area contributed by atoms with Crippen molar-refractivity contribution < 1.29 is 52.6 Å². The third kappa shape index (κ3) is 11.6. The van der Waals surface area contributed by atoms with E-state index in [1.165, 1.54) is 6.08 Å². The fourth-order valence-electron chi connectivity index (χ4n) is 6.81. The number of likely N-dealkylation sites (N-methyl/N-ethyl adjacent to an activating group) is 1. The number of carbonyl (C=O) groups is 3. The van der Waals surface area contributed by atoms with Crippen LogP contribution < -0.4 is 5.32 Å². The highest BCUT2D eigenvalue weighted by Gasteiger charge is 2.50. The first-order valence-electron chi connectivity index (χ1n) is 18.1. The van der Waals surface area contributed by atoms with E-state index in [0.717, 1.165) is 0 Å². The van der Waals surface area contributed by atoms with Crippen LogP contribution in [0.15, 0.2) is 53.8 Å². The first-order chi connectivity index (χ1) is 24.4. The minimum atomic E-state index is -1.22. The fraction of sp³-hybridized carbons (Fsp3) is 0.667. The van der Waals surface area contributed by atoms with E-state index >= 15 is 0 Å². The lowest BCUT2D eigenvalue weighted by Gasteiger charge is -2.48. The van der Waals surface area contributed by atoms with Gasteiger partial charge in [-0.15, -0.1) is 0 Å². The number of cyclic esters (lactones) is 1. The van der Waals surface area contributed by atoms with Crippen molar-refractivity contribution in [3.05, 3.63) is 59.4 Å². The van der Waals surface area contributed by atoms with E-state index in [9.17, 15) is 19.5 Å². The number of methoxy groups -OCH3 is 1. The minimum Gasteiger partial charge on any atom is -0.463 e. The first kappa shape index (κ1) is 43.1. The number of nitrogens with one attached hydrogen (secondary N) is 1. The average Bonchev–Trinajstić information content (AvgIpc) is 3.09. The molecule has 2 heterocycles. The van der Waals surface area contributed by atoms with E-state index in [-0.39, 0.29) is 31.3 Å². The molecule has 2 N–H and O–H groups in total. The lowest BCUT2D eigenvalue weighted by atomic mass is 9.80. The monoisotopic (exact) mass is 732 g/mol. The van der Waals surface area contributed by atoms with Crippen LogP contribution in [0.4, 0.5) is 0 Å². The lowest BCUT2D eigenvalue weighted by Crippen LogP contribution is -2.59. The van der Waals surface area contributed by atoms with Gasteiger partial charge >= 0.3 is 17.9 Å². The molecule has 2 aliphatic heterocycles. The van der Waals surface area contributed by atoms with Gasteiger partial charge in [0.1, 0.15) is 5.76 Å². The summed E-state index contributed by atoms with van der Waals surface area (Å²) < 4.78 is 42.8. The maximum Gasteiger partial charge on any atom is 0.340 e. The third-order valence-electron chi connectivity index (χ3n) is 9.52. The molecule has 292 valence electrons. The number of nitrogens with zero attached hydrogens (tertiary/aromatic N) is 1. The van der Waals surface area contributed by atoms with E-state index in [1.807, 2.05) is 52.8 Å². The van der Waals surface area contributed by atoms with Gasteiger partial charge in [-0.1, -0.05) is 38.1 Å². The SMILES string of the molecule is CCOC(=O)/C=C/[C@H](CO)NC[C@H](C)C[C@@](C)(OC)[C@H](O[C@@H]1O[C@H](C)C[C@H](N(C)C)[C@H]1OC(=O)c1ccccc1)[C@@H](C)C1=C(C)C(=O)OC(C)(C)O1. The van der Waals surface area contributed by atoms with Crippen LogP contribution in [-0.2, 0) is 42.7 Å². The molecule has 0 amide bonds. The molecule has 0 aromatic heterocycles. The van der Waals surface area contributed by atoms with Crippen LogP contribution in [0.3, 0.4) is 0 Å². The summed E-state index contributed by atoms with van der Waals surface area (Å²) in [6, 6.07) is 8.05. The molecule has 0 saturated carbocycles. The molecule has 1 saturated heterocycles. The van der Waals surface area contributed by atoms with Crippen molar-refractivity contribution in [2.24, 2.45) is 11.8 Å². The summed E-state index contributed by atoms with van der Waals surface area (Å²) in [7, 11) is 5.45. The quantitative estimate of drug-likeness (QED) is 0.125. The molecule has 0 radical (unpaired) electrons. The largest absolute Gasteiger partial charge is 0.463 e. The Hall–Kier alpha value is -3.33. The number of aliphatic hydroxyl groups is 1. The van der Waals surface area contributed by atoms with E-state index in [4.69, 9.17) is 33.2 Å². The van der Waals surface area contributed by atoms with E-state index in [2.05, 4.69) is 5.32 Å². The van der Waals surface area contributed by atoms with Crippen LogP contribution >= 0.6 is 0 Å². The maximum atomic E-state index is 13.5. The predicted octanol–water partition coefficient (Wildman–Crippen LogP) is 4.38. The molecule has 2 aliphatic rings. The fourth-order valence-corrected chi connectivity index (χ4v) is 6.81. The Morgan fingerprint density at radius 2 is 1.85 bits per heavy atom. The van der Waals surface area contributed by atoms with Crippen molar-refractivity contribution >= 4 is 17.9 Å². The normalized spacial score (nSPS) is 25.4. The Bertz CT molecular complexity index is 1400. The van der Waals surface area contributed by atoms with Crippen molar-refractivity contribution in [2.45, 2.75) is 116 Å². The second-order valence-electron chi connectivity index (χ2n) is 14.7. The lowest BCUT2D eigenvalue weighted by molar-refractivity contribution is -0.298. The Morgan fingerprint density at radius 3 is 2.44 bits per heavy atom. The maximum absolute atomic E-state index is 13.5. The summed E-state index contributed by atoms with van der Waals surface area (Å²) in [6.45, 7) is 15.0. The molecular weight excluding hydrogens is 672 g/mol. The minimum absolute atomic E-state index is 0.0514. The van der Waals surface area contributed by atoms with Crippen molar-refractivity contribution in [3.63, 3.8) is 0 Å². The molecule has 1 aromatic carbocycles. The molecule has 1 fully saturated rings. The van der Waals surface area contributed by atoms with E-state index < -0.39 is 59.8 Å². The predicted molar refractivity (Wildman–Crippen MR) is 194 cm³/mol. The highest BCUT2D eigenvalue weighted by Crippen LogP contribution is 2.41. The van der Waals surface area contributed by atoms with Crippen molar-refractivity contribution in [1.29, 1.82) is 0 Å². The molecule has 13 heteroatoms. The molecule has 9 atom stereocenters. The Balaban J connectivity index is 2.01. The van der Waals surface area contributed by atoms with Gasteiger partial charge in [0.2, 0.25) is 5.79 Å². The van der Waals surface area contributed by atoms with Gasteiger partial charge in [0, 0.05) is 39.0 Å². The Kier molecular flexibility index (Phi) is 15.8. The second kappa shape index (κ2) is 19.1. The molecule has 52 heavy (non-hydrogen) atoms. The van der Waals surface area contributed by atoms with Crippen LogP contribution in [0.2, 0.25) is 0 Å². The van der Waals surface area contributed by atoms with Gasteiger partial charge in [-0.05, 0) is 79.2 Å². The zero-order chi connectivity index (χ0) is 38.8. The third-order valence-corrected chi connectivity index (χ3v) is 9.52. The van der Waals surface area contributed by atoms with Gasteiger partial charge in [-0.2, -0.15) is 0 Å². The highest BCUT2D eigenvalue weighted by molar-refractivity contribution is 5.90. The average molecular weight is 733 g/mol. The second-order valence-corrected chi connectivity index (χ2v) is 14.7. The van der Waals surface area contributed by atoms with Crippen molar-refractivity contribution in [3.8, 4) is 0 Å². The van der Waals surface area contributed by atoms with Crippen LogP contribution in [0.5, 0.6) is 0 Å². The number of aliphatic hydroxyl groups excluding tert-OH is 1. The van der Waals surface area contributed by atoms with E-state index in [1.54, 1.807) is 65.1 Å². The van der Waals surface area contributed by atoms with Crippen LogP contribution in [0.1, 0.15) is 78.6 Å². The zero-order valence-electron chi connectivity index (χ0n) is 32.7. The van der Waals surface area contributed by atoms with Gasteiger partial charge in [0.25, 0.3) is 0 Å². The number of carbonyl (C=O) groups excluding carboxylic acids is 3. The van der Waals surface area contributed by atoms with Crippen LogP contribution in [-0.4, -0.2) is 117 Å². The molecule has 0 aliphatic carbocycles. The summed E-state index contributed by atoms with van der Waals surface area (Å²) in [5.74, 6) is -2.93. The van der Waals surface area contributed by atoms with Crippen LogP contribution in [0.25, 0.3) is 0 Å². The summed E-state index contributed by atoms with van der Waals surface area (Å²) in [4.78, 5) is 40.4. The summed E-state index contributed by atoms with van der Waals surface area (Å²) in [5, 5.41) is 13.3. The molecule has 0 spiro atoms. The molecule has 1 aromatic rings. The van der Waals surface area contributed by atoms with Crippen LogP contribution in [0, 0.1) is 11.8 Å². The molecule has 0 bridgehead atoms. The van der Waals surface area contributed by atoms with Crippen molar-refractivity contribution in [2.75, 3.05) is 41.0 Å². The molecular formula is C39H60N2O11. The number of esters is 3. The number of hydrogen-bond acceptors (Lipinski definition) is 13. The van der Waals surface area contributed by atoms with Gasteiger partial charge in [0.05, 0.1) is 48.2 Å². The topological polar surface area (TPSA) is 151 Å². The number of benzene rings is 1. The van der Waals surface area contributed by atoms with Gasteiger partial charge in [-0.25, -0.2) is 14.4 Å². The molecule has 0 unspecified atom stereocenters. The standard InChI is InChI=1S/C39H60N2O11/c1-12-47-31(43)19-18-29(23-42)40-22-24(2)21-39(8,46-11)34(26(4)32-27(5)35(44)52-38(6,7)51-32)50-37-33(30(41(9)10)20-25(3)48-37)49-36(45)28-16-14-13-15-17-28/h13-19,24-26,29-30,33-34,37,40,42H,12,20-23H2,1-11H3/b19-18+/t24-,25-,26+,29-,30+,33-,34-,37+,39-/m1/s1. The first-order valence-corrected chi connectivity index (χ1v) is 18.1. The Morgan fingerprint density at radius 1 is 1.17 bits per heavy atom. The molecule has 13 nitrogen and oxygen atoms in total. The zero-order valence-corrected chi connectivity index (χ0v) is 32.7. The number of ether oxygens (including phenoxy) is 7. The smallest absolute Gasteiger partial charge is 0.340 e. The summed E-state index contributed by atoms with van der Waals surface area (Å²) in [6.07, 6.45) is 1.02. The molecule has 3 rings (SSSR count). The van der Waals surface area contributed by atoms with Gasteiger partial charge < -0.3 is 48.5 Å². The Labute approximate surface area is 308 Å². The summed E-state index contributed by atoms with van der Waals surface area (Å²) in [5.41, 5.74) is -0.311.